The van der Waals surface area contributed by atoms with Gasteiger partial charge in [-0.3, -0.25) is 9.59 Å². The molecule has 0 aliphatic rings. The van der Waals surface area contributed by atoms with Crippen LogP contribution in [-0.2, 0) is 6.42 Å². The van der Waals surface area contributed by atoms with Crippen LogP contribution in [0.1, 0.15) is 40.4 Å². The van der Waals surface area contributed by atoms with Crippen molar-refractivity contribution in [1.29, 1.82) is 0 Å². The zero-order chi connectivity index (χ0) is 17.8. The van der Waals surface area contributed by atoms with Gasteiger partial charge in [0.05, 0.1) is 23.4 Å². The first kappa shape index (κ1) is 16.7. The maximum atomic E-state index is 12.5. The molecule has 1 aromatic carbocycles. The number of hydrogen-bond acceptors (Lipinski definition) is 4. The molecule has 0 aliphatic carbocycles. The fourth-order valence-corrected chi connectivity index (χ4v) is 2.69. The Morgan fingerprint density at radius 1 is 1.28 bits per heavy atom. The molecule has 0 bridgehead atoms. The maximum absolute atomic E-state index is 12.5. The molecule has 0 aliphatic heterocycles. The predicted molar refractivity (Wildman–Crippen MR) is 96.4 cm³/mol. The van der Waals surface area contributed by atoms with Gasteiger partial charge in [0.25, 0.3) is 5.91 Å². The Kier molecular flexibility index (Phi) is 4.79. The normalized spacial score (nSPS) is 10.6. The number of amides is 1. The third kappa shape index (κ3) is 3.24. The molecule has 0 saturated carbocycles. The molecule has 2 aromatic heterocycles. The fourth-order valence-electron chi connectivity index (χ4n) is 2.69. The number of pyridine rings is 1. The summed E-state index contributed by atoms with van der Waals surface area (Å²) in [4.78, 5) is 31.2. The summed E-state index contributed by atoms with van der Waals surface area (Å²) in [7, 11) is 0. The van der Waals surface area contributed by atoms with E-state index in [4.69, 9.17) is 4.74 Å². The Bertz CT molecular complexity index is 917. The van der Waals surface area contributed by atoms with E-state index < -0.39 is 0 Å². The van der Waals surface area contributed by atoms with E-state index in [1.54, 1.807) is 18.2 Å². The van der Waals surface area contributed by atoms with Crippen molar-refractivity contribution in [2.75, 3.05) is 11.9 Å². The summed E-state index contributed by atoms with van der Waals surface area (Å²) in [6.45, 7) is 4.23. The molecule has 6 heteroatoms. The van der Waals surface area contributed by atoms with Crippen LogP contribution in [0.3, 0.4) is 0 Å². The molecule has 1 amide bonds. The van der Waals surface area contributed by atoms with Crippen LogP contribution < -0.4 is 10.1 Å². The highest BCUT2D eigenvalue weighted by atomic mass is 16.5. The van der Waals surface area contributed by atoms with Crippen LogP contribution in [0.5, 0.6) is 5.75 Å². The molecule has 2 N–H and O–H groups in total. The van der Waals surface area contributed by atoms with Gasteiger partial charge in [0.2, 0.25) is 0 Å². The van der Waals surface area contributed by atoms with Gasteiger partial charge in [0, 0.05) is 5.56 Å². The number of ether oxygens (including phenoxy) is 1. The Morgan fingerprint density at radius 2 is 2.04 bits per heavy atom. The van der Waals surface area contributed by atoms with E-state index in [0.29, 0.717) is 53.0 Å². The third-order valence-electron chi connectivity index (χ3n) is 3.87. The van der Waals surface area contributed by atoms with E-state index in [0.717, 1.165) is 5.69 Å². The Morgan fingerprint density at radius 3 is 2.68 bits per heavy atom. The summed E-state index contributed by atoms with van der Waals surface area (Å²) in [5.74, 6) is 0.249. The molecule has 0 radical (unpaired) electrons. The van der Waals surface area contributed by atoms with Crippen LogP contribution in [0.15, 0.2) is 36.4 Å². The number of H-pyrrole nitrogens is 1. The SMILES string of the molecule is CCOc1c(C=O)[nH]c2nc(CC)c(NC(=O)c3ccccc3)cc12. The molecule has 0 saturated heterocycles. The molecule has 0 unspecified atom stereocenters. The lowest BCUT2D eigenvalue weighted by Gasteiger charge is -2.10. The lowest BCUT2D eigenvalue weighted by molar-refractivity contribution is 0.102. The minimum absolute atomic E-state index is 0.208. The largest absolute Gasteiger partial charge is 0.491 e. The van der Waals surface area contributed by atoms with Gasteiger partial charge >= 0.3 is 0 Å². The van der Waals surface area contributed by atoms with Gasteiger partial charge in [-0.25, -0.2) is 4.98 Å². The average molecular weight is 337 g/mol. The summed E-state index contributed by atoms with van der Waals surface area (Å²) in [6.07, 6.45) is 1.35. The van der Waals surface area contributed by atoms with Crippen LogP contribution in [0, 0.1) is 0 Å². The number of nitrogens with one attached hydrogen (secondary N) is 2. The number of aryl methyl sites for hydroxylation is 1. The summed E-state index contributed by atoms with van der Waals surface area (Å²) >= 11 is 0. The summed E-state index contributed by atoms with van der Waals surface area (Å²) in [6, 6.07) is 10.8. The van der Waals surface area contributed by atoms with Crippen LogP contribution in [0.2, 0.25) is 0 Å². The highest BCUT2D eigenvalue weighted by Gasteiger charge is 2.17. The van der Waals surface area contributed by atoms with Crippen molar-refractivity contribution < 1.29 is 14.3 Å². The lowest BCUT2D eigenvalue weighted by atomic mass is 10.1. The van der Waals surface area contributed by atoms with Crippen molar-refractivity contribution in [2.45, 2.75) is 20.3 Å². The number of benzene rings is 1. The number of hydrogen-bond donors (Lipinski definition) is 2. The van der Waals surface area contributed by atoms with Crippen molar-refractivity contribution in [3.05, 3.63) is 53.3 Å². The highest BCUT2D eigenvalue weighted by molar-refractivity contribution is 6.06. The van der Waals surface area contributed by atoms with Gasteiger partial charge in [0.1, 0.15) is 11.3 Å². The Labute approximate surface area is 145 Å². The van der Waals surface area contributed by atoms with Gasteiger partial charge in [-0.2, -0.15) is 0 Å². The van der Waals surface area contributed by atoms with Crippen LogP contribution in [0.4, 0.5) is 5.69 Å². The van der Waals surface area contributed by atoms with Gasteiger partial charge in [-0.1, -0.05) is 25.1 Å². The third-order valence-corrected chi connectivity index (χ3v) is 3.87. The average Bonchev–Trinajstić information content (AvgIpc) is 2.99. The van der Waals surface area contributed by atoms with Crippen molar-refractivity contribution in [1.82, 2.24) is 9.97 Å². The van der Waals surface area contributed by atoms with E-state index in [1.165, 1.54) is 0 Å². The minimum Gasteiger partial charge on any atom is -0.491 e. The zero-order valence-electron chi connectivity index (χ0n) is 14.1. The minimum atomic E-state index is -0.208. The number of nitrogens with zero attached hydrogens (tertiary/aromatic N) is 1. The van der Waals surface area contributed by atoms with Crippen LogP contribution in [0.25, 0.3) is 11.0 Å². The summed E-state index contributed by atoms with van der Waals surface area (Å²) in [5.41, 5.74) is 2.83. The van der Waals surface area contributed by atoms with Gasteiger partial charge in [-0.05, 0) is 31.5 Å². The van der Waals surface area contributed by atoms with E-state index in [1.807, 2.05) is 32.0 Å². The second-order valence-corrected chi connectivity index (χ2v) is 5.47. The number of fused-ring (bicyclic) bond motifs is 1. The van der Waals surface area contributed by atoms with Crippen molar-refractivity contribution in [3.8, 4) is 5.75 Å². The standard InChI is InChI=1S/C19H19N3O3/c1-3-14-15(22-19(24)12-8-6-5-7-9-12)10-13-17(25-4-2)16(11-23)21-18(13)20-14/h5-11H,3-4H2,1-2H3,(H,20,21)(H,22,24). The number of carbonyl (C=O) groups excluding carboxylic acids is 2. The monoisotopic (exact) mass is 337 g/mol. The predicted octanol–water partition coefficient (Wildman–Crippen LogP) is 3.59. The first-order valence-electron chi connectivity index (χ1n) is 8.17. The molecule has 3 rings (SSSR count). The van der Waals surface area contributed by atoms with Crippen LogP contribution >= 0.6 is 0 Å². The number of rotatable bonds is 6. The Hall–Kier alpha value is -3.15. The smallest absolute Gasteiger partial charge is 0.255 e. The molecule has 128 valence electrons. The maximum Gasteiger partial charge on any atom is 0.255 e. The number of aromatic amines is 1. The van der Waals surface area contributed by atoms with Crippen molar-refractivity contribution in [2.24, 2.45) is 0 Å². The van der Waals surface area contributed by atoms with E-state index in [2.05, 4.69) is 15.3 Å². The topological polar surface area (TPSA) is 84.1 Å². The zero-order valence-corrected chi connectivity index (χ0v) is 14.1. The number of carbonyl (C=O) groups is 2. The fraction of sp³-hybridized carbons (Fsp3) is 0.211. The van der Waals surface area contributed by atoms with Crippen LogP contribution in [-0.4, -0.2) is 28.8 Å². The number of aromatic nitrogens is 2. The van der Waals surface area contributed by atoms with Gasteiger partial charge < -0.3 is 15.0 Å². The first-order valence-corrected chi connectivity index (χ1v) is 8.17. The van der Waals surface area contributed by atoms with E-state index in [9.17, 15) is 9.59 Å². The lowest BCUT2D eigenvalue weighted by Crippen LogP contribution is -2.13. The molecule has 25 heavy (non-hydrogen) atoms. The quantitative estimate of drug-likeness (QED) is 0.673. The van der Waals surface area contributed by atoms with Gasteiger partial charge in [0.15, 0.2) is 12.0 Å². The van der Waals surface area contributed by atoms with Crippen molar-refractivity contribution in [3.63, 3.8) is 0 Å². The van der Waals surface area contributed by atoms with E-state index >= 15 is 0 Å². The molecular weight excluding hydrogens is 318 g/mol. The molecule has 0 spiro atoms. The molecule has 6 nitrogen and oxygen atoms in total. The molecule has 2 heterocycles. The second kappa shape index (κ2) is 7.17. The second-order valence-electron chi connectivity index (χ2n) is 5.47. The number of aldehydes is 1. The molecule has 0 fully saturated rings. The molecule has 3 aromatic rings. The summed E-state index contributed by atoms with van der Waals surface area (Å²) in [5, 5.41) is 3.58. The Balaban J connectivity index is 2.05. The molecule has 0 atom stereocenters. The summed E-state index contributed by atoms with van der Waals surface area (Å²) < 4.78 is 5.58. The first-order chi connectivity index (χ1) is 12.2. The van der Waals surface area contributed by atoms with Gasteiger partial charge in [-0.15, -0.1) is 0 Å². The highest BCUT2D eigenvalue weighted by Crippen LogP contribution is 2.32. The molecular formula is C19H19N3O3. The van der Waals surface area contributed by atoms with Crippen molar-refractivity contribution >= 4 is 28.9 Å². The van der Waals surface area contributed by atoms with E-state index in [-0.39, 0.29) is 5.91 Å². The number of anilines is 1.